The normalized spacial score (nSPS) is 13.7. The van der Waals surface area contributed by atoms with E-state index < -0.39 is 0 Å². The third-order valence-electron chi connectivity index (χ3n) is 2.82. The number of thioether (sulfide) groups is 1. The van der Waals surface area contributed by atoms with Crippen molar-refractivity contribution >= 4 is 11.8 Å². The van der Waals surface area contributed by atoms with Gasteiger partial charge in [-0.3, -0.25) is 0 Å². The third-order valence-corrected chi connectivity index (χ3v) is 3.95. The SMILES string of the molecule is COc1ccc(Cn2nnc3c2SCC3)cc1. The van der Waals surface area contributed by atoms with Crippen LogP contribution in [-0.4, -0.2) is 27.9 Å². The Morgan fingerprint density at radius 3 is 2.94 bits per heavy atom. The smallest absolute Gasteiger partial charge is 0.118 e. The van der Waals surface area contributed by atoms with Gasteiger partial charge in [0.15, 0.2) is 0 Å². The van der Waals surface area contributed by atoms with Crippen LogP contribution in [0, 0.1) is 0 Å². The molecule has 1 aromatic carbocycles. The molecule has 1 aromatic heterocycles. The van der Waals surface area contributed by atoms with Crippen LogP contribution in [0.2, 0.25) is 0 Å². The monoisotopic (exact) mass is 247 g/mol. The molecule has 1 aliphatic rings. The van der Waals surface area contributed by atoms with E-state index in [-0.39, 0.29) is 0 Å². The quantitative estimate of drug-likeness (QED) is 0.831. The molecule has 88 valence electrons. The van der Waals surface area contributed by atoms with E-state index in [1.54, 1.807) is 7.11 Å². The first-order valence-corrected chi connectivity index (χ1v) is 6.53. The van der Waals surface area contributed by atoms with Crippen molar-refractivity contribution in [1.29, 1.82) is 0 Å². The van der Waals surface area contributed by atoms with Crippen molar-refractivity contribution in [2.75, 3.05) is 12.9 Å². The number of aryl methyl sites for hydroxylation is 1. The minimum Gasteiger partial charge on any atom is -0.497 e. The van der Waals surface area contributed by atoms with E-state index in [2.05, 4.69) is 22.4 Å². The standard InChI is InChI=1S/C12H13N3OS/c1-16-10-4-2-9(3-5-10)8-15-12-11(13-14-15)6-7-17-12/h2-5H,6-8H2,1H3. The van der Waals surface area contributed by atoms with E-state index in [1.165, 1.54) is 10.6 Å². The largest absolute Gasteiger partial charge is 0.497 e. The van der Waals surface area contributed by atoms with Crippen LogP contribution in [0.5, 0.6) is 5.75 Å². The summed E-state index contributed by atoms with van der Waals surface area (Å²) < 4.78 is 7.12. The fourth-order valence-electron chi connectivity index (χ4n) is 1.91. The van der Waals surface area contributed by atoms with Gasteiger partial charge in [0.2, 0.25) is 0 Å². The second-order valence-corrected chi connectivity index (χ2v) is 5.03. The molecule has 0 fully saturated rings. The Morgan fingerprint density at radius 1 is 1.35 bits per heavy atom. The molecule has 0 amide bonds. The minimum atomic E-state index is 0.777. The average Bonchev–Trinajstić information content (AvgIpc) is 2.95. The van der Waals surface area contributed by atoms with E-state index >= 15 is 0 Å². The average molecular weight is 247 g/mol. The van der Waals surface area contributed by atoms with E-state index in [0.717, 1.165) is 30.2 Å². The maximum atomic E-state index is 5.14. The van der Waals surface area contributed by atoms with Gasteiger partial charge in [-0.2, -0.15) is 0 Å². The fourth-order valence-corrected chi connectivity index (χ4v) is 2.96. The van der Waals surface area contributed by atoms with Gasteiger partial charge in [0.1, 0.15) is 10.8 Å². The first-order chi connectivity index (χ1) is 8.36. The molecule has 0 saturated heterocycles. The van der Waals surface area contributed by atoms with Crippen LogP contribution in [0.3, 0.4) is 0 Å². The highest BCUT2D eigenvalue weighted by Crippen LogP contribution is 2.29. The lowest BCUT2D eigenvalue weighted by molar-refractivity contribution is 0.414. The zero-order valence-corrected chi connectivity index (χ0v) is 10.4. The number of methoxy groups -OCH3 is 1. The van der Waals surface area contributed by atoms with Crippen LogP contribution in [0.4, 0.5) is 0 Å². The maximum Gasteiger partial charge on any atom is 0.118 e. The van der Waals surface area contributed by atoms with Gasteiger partial charge < -0.3 is 4.74 Å². The Labute approximate surface area is 104 Å². The lowest BCUT2D eigenvalue weighted by Gasteiger charge is -2.05. The number of benzene rings is 1. The molecule has 0 spiro atoms. The molecule has 1 aliphatic heterocycles. The molecule has 2 heterocycles. The molecule has 0 bridgehead atoms. The summed E-state index contributed by atoms with van der Waals surface area (Å²) in [5, 5.41) is 9.61. The molecule has 0 radical (unpaired) electrons. The summed E-state index contributed by atoms with van der Waals surface area (Å²) in [6, 6.07) is 8.07. The van der Waals surface area contributed by atoms with Gasteiger partial charge in [-0.05, 0) is 17.7 Å². The molecule has 17 heavy (non-hydrogen) atoms. The predicted octanol–water partition coefficient (Wildman–Crippen LogP) is 1.98. The summed E-state index contributed by atoms with van der Waals surface area (Å²) in [5.74, 6) is 2.01. The topological polar surface area (TPSA) is 39.9 Å². The number of aromatic nitrogens is 3. The number of hydrogen-bond acceptors (Lipinski definition) is 4. The lowest BCUT2D eigenvalue weighted by atomic mass is 10.2. The summed E-state index contributed by atoms with van der Waals surface area (Å²) in [6.07, 6.45) is 1.04. The Hall–Kier alpha value is -1.49. The van der Waals surface area contributed by atoms with E-state index in [4.69, 9.17) is 4.74 Å². The first kappa shape index (κ1) is 10.7. The van der Waals surface area contributed by atoms with Crippen LogP contribution < -0.4 is 4.74 Å². The van der Waals surface area contributed by atoms with Crippen LogP contribution >= 0.6 is 11.8 Å². The van der Waals surface area contributed by atoms with Gasteiger partial charge in [0.25, 0.3) is 0 Å². The lowest BCUT2D eigenvalue weighted by Crippen LogP contribution is -2.03. The molecule has 4 nitrogen and oxygen atoms in total. The number of rotatable bonds is 3. The summed E-state index contributed by atoms with van der Waals surface area (Å²) in [6.45, 7) is 0.777. The van der Waals surface area contributed by atoms with Crippen molar-refractivity contribution in [3.8, 4) is 5.75 Å². The van der Waals surface area contributed by atoms with Crippen LogP contribution in [0.15, 0.2) is 29.3 Å². The number of hydrogen-bond donors (Lipinski definition) is 0. The Morgan fingerprint density at radius 2 is 2.18 bits per heavy atom. The molecule has 5 heteroatoms. The van der Waals surface area contributed by atoms with Gasteiger partial charge in [-0.25, -0.2) is 4.68 Å². The summed E-state index contributed by atoms with van der Waals surface area (Å²) >= 11 is 1.84. The Balaban J connectivity index is 1.81. The maximum absolute atomic E-state index is 5.14. The molecule has 0 unspecified atom stereocenters. The van der Waals surface area contributed by atoms with Gasteiger partial charge in [0, 0.05) is 12.2 Å². The molecule has 0 aliphatic carbocycles. The van der Waals surface area contributed by atoms with Crippen molar-refractivity contribution in [1.82, 2.24) is 15.0 Å². The highest BCUT2D eigenvalue weighted by atomic mass is 32.2. The second kappa shape index (κ2) is 4.41. The number of ether oxygens (including phenoxy) is 1. The highest BCUT2D eigenvalue weighted by molar-refractivity contribution is 7.99. The zero-order valence-electron chi connectivity index (χ0n) is 9.59. The minimum absolute atomic E-state index is 0.777. The van der Waals surface area contributed by atoms with Crippen molar-refractivity contribution < 1.29 is 4.74 Å². The Kier molecular flexibility index (Phi) is 2.76. The van der Waals surface area contributed by atoms with Gasteiger partial charge in [0.05, 0.1) is 19.3 Å². The van der Waals surface area contributed by atoms with Gasteiger partial charge >= 0.3 is 0 Å². The third kappa shape index (κ3) is 2.02. The van der Waals surface area contributed by atoms with E-state index in [9.17, 15) is 0 Å². The predicted molar refractivity (Wildman–Crippen MR) is 66.5 cm³/mol. The summed E-state index contributed by atoms with van der Waals surface area (Å²) in [5.41, 5.74) is 2.36. The van der Waals surface area contributed by atoms with E-state index in [0.29, 0.717) is 0 Å². The zero-order chi connectivity index (χ0) is 11.7. The fraction of sp³-hybridized carbons (Fsp3) is 0.333. The van der Waals surface area contributed by atoms with Gasteiger partial charge in [-0.15, -0.1) is 16.9 Å². The molecular formula is C12H13N3OS. The van der Waals surface area contributed by atoms with Crippen LogP contribution in [0.25, 0.3) is 0 Å². The molecule has 0 atom stereocenters. The van der Waals surface area contributed by atoms with E-state index in [1.807, 2.05) is 28.6 Å². The molecule has 0 N–H and O–H groups in total. The van der Waals surface area contributed by atoms with Crippen LogP contribution in [-0.2, 0) is 13.0 Å². The van der Waals surface area contributed by atoms with Crippen molar-refractivity contribution in [2.24, 2.45) is 0 Å². The van der Waals surface area contributed by atoms with Gasteiger partial charge in [-0.1, -0.05) is 17.3 Å². The first-order valence-electron chi connectivity index (χ1n) is 5.55. The Bertz CT molecular complexity index is 521. The molecule has 3 rings (SSSR count). The summed E-state index contributed by atoms with van der Waals surface area (Å²) in [4.78, 5) is 0. The van der Waals surface area contributed by atoms with Crippen molar-refractivity contribution in [3.05, 3.63) is 35.5 Å². The number of nitrogens with zero attached hydrogens (tertiary/aromatic N) is 3. The molecule has 0 saturated carbocycles. The molecule has 2 aromatic rings. The van der Waals surface area contributed by atoms with Crippen LogP contribution in [0.1, 0.15) is 11.3 Å². The van der Waals surface area contributed by atoms with Crippen molar-refractivity contribution in [3.63, 3.8) is 0 Å². The molecular weight excluding hydrogens is 234 g/mol. The summed E-state index contributed by atoms with van der Waals surface area (Å²) in [7, 11) is 1.68. The highest BCUT2D eigenvalue weighted by Gasteiger charge is 2.19. The van der Waals surface area contributed by atoms with Crippen molar-refractivity contribution in [2.45, 2.75) is 18.0 Å². The number of fused-ring (bicyclic) bond motifs is 1. The second-order valence-electron chi connectivity index (χ2n) is 3.95.